The zero-order valence-corrected chi connectivity index (χ0v) is 15.0. The lowest BCUT2D eigenvalue weighted by Crippen LogP contribution is -2.62. The molecule has 3 rings (SSSR count). The van der Waals surface area contributed by atoms with E-state index in [4.69, 9.17) is 9.84 Å². The lowest BCUT2D eigenvalue weighted by Gasteiger charge is -2.53. The Hall–Kier alpha value is -2.31. The highest BCUT2D eigenvalue weighted by Crippen LogP contribution is 2.41. The molecule has 1 aromatic rings. The normalized spacial score (nSPS) is 19.5. The number of hydrogen-bond donors (Lipinski definition) is 1. The first-order valence-electron chi connectivity index (χ1n) is 8.60. The maximum absolute atomic E-state index is 12.1. The van der Waals surface area contributed by atoms with Gasteiger partial charge in [-0.25, -0.2) is 14.6 Å². The van der Waals surface area contributed by atoms with Gasteiger partial charge in [-0.3, -0.25) is 0 Å². The van der Waals surface area contributed by atoms with Crippen LogP contribution >= 0.6 is 0 Å². The number of pyridine rings is 1. The zero-order chi connectivity index (χ0) is 18.2. The highest BCUT2D eigenvalue weighted by atomic mass is 16.6. The third-order valence-corrected chi connectivity index (χ3v) is 4.85. The highest BCUT2D eigenvalue weighted by Gasteiger charge is 2.47. The van der Waals surface area contributed by atoms with Crippen molar-refractivity contribution < 1.29 is 19.4 Å². The summed E-state index contributed by atoms with van der Waals surface area (Å²) in [7, 11) is 0. The van der Waals surface area contributed by atoms with E-state index in [2.05, 4.69) is 9.88 Å². The van der Waals surface area contributed by atoms with E-state index in [1.807, 2.05) is 20.8 Å². The van der Waals surface area contributed by atoms with Crippen LogP contribution in [-0.2, 0) is 4.74 Å². The van der Waals surface area contributed by atoms with Gasteiger partial charge in [0.2, 0.25) is 0 Å². The van der Waals surface area contributed by atoms with Crippen molar-refractivity contribution in [1.29, 1.82) is 0 Å². The van der Waals surface area contributed by atoms with Crippen molar-refractivity contribution in [2.75, 3.05) is 31.1 Å². The van der Waals surface area contributed by atoms with E-state index >= 15 is 0 Å². The third kappa shape index (κ3) is 3.86. The van der Waals surface area contributed by atoms with Gasteiger partial charge in [0.15, 0.2) is 0 Å². The molecule has 1 N–H and O–H groups in total. The fourth-order valence-corrected chi connectivity index (χ4v) is 3.45. The van der Waals surface area contributed by atoms with Gasteiger partial charge >= 0.3 is 12.1 Å². The van der Waals surface area contributed by atoms with E-state index in [-0.39, 0.29) is 17.1 Å². The van der Waals surface area contributed by atoms with E-state index < -0.39 is 11.6 Å². The van der Waals surface area contributed by atoms with Crippen LogP contribution in [0.15, 0.2) is 18.3 Å². The van der Waals surface area contributed by atoms with E-state index in [9.17, 15) is 9.59 Å². The van der Waals surface area contributed by atoms with E-state index in [0.717, 1.165) is 44.8 Å². The summed E-state index contributed by atoms with van der Waals surface area (Å²) in [6.45, 7) is 8.86. The number of piperidine rings is 1. The van der Waals surface area contributed by atoms with E-state index in [0.29, 0.717) is 0 Å². The number of anilines is 1. The standard InChI is InChI=1S/C18H25N3O4/c1-17(2,3)25-16(24)21-11-18(12-21)6-8-20(9-7-18)14-5-4-13(10-19-14)15(22)23/h4-5,10H,6-9,11-12H2,1-3H3,(H,22,23). The number of carbonyl (C=O) groups is 2. The molecule has 2 fully saturated rings. The molecule has 7 nitrogen and oxygen atoms in total. The van der Waals surface area contributed by atoms with Crippen molar-refractivity contribution in [3.63, 3.8) is 0 Å². The molecule has 0 unspecified atom stereocenters. The Kier molecular flexibility index (Phi) is 4.34. The molecule has 0 saturated carbocycles. The summed E-state index contributed by atoms with van der Waals surface area (Å²) in [4.78, 5) is 31.2. The maximum Gasteiger partial charge on any atom is 0.410 e. The molecule has 3 heterocycles. The topological polar surface area (TPSA) is 83.0 Å². The molecule has 2 aliphatic heterocycles. The zero-order valence-electron chi connectivity index (χ0n) is 15.0. The predicted octanol–water partition coefficient (Wildman–Crippen LogP) is 2.62. The van der Waals surface area contributed by atoms with Gasteiger partial charge in [0.25, 0.3) is 0 Å². The minimum Gasteiger partial charge on any atom is -0.478 e. The van der Waals surface area contributed by atoms with Crippen molar-refractivity contribution in [3.8, 4) is 0 Å². The average Bonchev–Trinajstić information content (AvgIpc) is 2.51. The first-order chi connectivity index (χ1) is 11.7. The first kappa shape index (κ1) is 17.5. The van der Waals surface area contributed by atoms with Crippen LogP contribution in [0, 0.1) is 5.41 Å². The van der Waals surface area contributed by atoms with E-state index in [1.54, 1.807) is 17.0 Å². The van der Waals surface area contributed by atoms with E-state index in [1.165, 1.54) is 6.20 Å². The monoisotopic (exact) mass is 347 g/mol. The van der Waals surface area contributed by atoms with Gasteiger partial charge in [0.05, 0.1) is 5.56 Å². The number of nitrogens with zero attached hydrogens (tertiary/aromatic N) is 3. The number of carboxylic acid groups (broad SMARTS) is 1. The SMILES string of the molecule is CC(C)(C)OC(=O)N1CC2(CCN(c3ccc(C(=O)O)cn3)CC2)C1. The van der Waals surface area contributed by atoms with Crippen molar-refractivity contribution in [2.45, 2.75) is 39.2 Å². The lowest BCUT2D eigenvalue weighted by molar-refractivity contribution is -0.0434. The minimum absolute atomic E-state index is 0.189. The third-order valence-electron chi connectivity index (χ3n) is 4.85. The fraction of sp³-hybridized carbons (Fsp3) is 0.611. The molecule has 0 aromatic carbocycles. The van der Waals surface area contributed by atoms with Crippen LogP contribution < -0.4 is 4.90 Å². The molecule has 1 amide bonds. The molecular formula is C18H25N3O4. The van der Waals surface area contributed by atoms with Gasteiger partial charge in [-0.15, -0.1) is 0 Å². The highest BCUT2D eigenvalue weighted by molar-refractivity contribution is 5.87. The maximum atomic E-state index is 12.1. The molecule has 0 radical (unpaired) electrons. The lowest BCUT2D eigenvalue weighted by atomic mass is 9.72. The Morgan fingerprint density at radius 3 is 2.32 bits per heavy atom. The largest absolute Gasteiger partial charge is 0.478 e. The number of amides is 1. The molecule has 136 valence electrons. The van der Waals surface area contributed by atoms with Crippen molar-refractivity contribution in [3.05, 3.63) is 23.9 Å². The summed E-state index contributed by atoms with van der Waals surface area (Å²) in [5.74, 6) is -0.156. The van der Waals surface area contributed by atoms with Gasteiger partial charge in [-0.2, -0.15) is 0 Å². The Morgan fingerprint density at radius 1 is 1.20 bits per heavy atom. The Morgan fingerprint density at radius 2 is 1.84 bits per heavy atom. The molecule has 2 saturated heterocycles. The average molecular weight is 347 g/mol. The second-order valence-electron chi connectivity index (χ2n) is 8.03. The summed E-state index contributed by atoms with van der Waals surface area (Å²) < 4.78 is 5.42. The second kappa shape index (κ2) is 6.20. The summed E-state index contributed by atoms with van der Waals surface area (Å²) in [6, 6.07) is 3.35. The summed E-state index contributed by atoms with van der Waals surface area (Å²) in [5, 5.41) is 8.94. The number of rotatable bonds is 2. The number of carbonyl (C=O) groups excluding carboxylic acids is 1. The molecule has 0 aliphatic carbocycles. The van der Waals surface area contributed by atoms with Crippen LogP contribution in [0.5, 0.6) is 0 Å². The molecule has 1 aromatic heterocycles. The van der Waals surface area contributed by atoms with Crippen LogP contribution in [0.1, 0.15) is 44.0 Å². The number of carboxylic acids is 1. The van der Waals surface area contributed by atoms with Gasteiger partial charge in [0.1, 0.15) is 11.4 Å². The molecule has 7 heteroatoms. The number of hydrogen-bond acceptors (Lipinski definition) is 5. The molecule has 2 aliphatic rings. The van der Waals surface area contributed by atoms with Crippen LogP contribution in [0.3, 0.4) is 0 Å². The number of likely N-dealkylation sites (tertiary alicyclic amines) is 1. The first-order valence-corrected chi connectivity index (χ1v) is 8.60. The van der Waals surface area contributed by atoms with Gasteiger partial charge < -0.3 is 19.6 Å². The summed E-state index contributed by atoms with van der Waals surface area (Å²) in [6.07, 6.45) is 3.16. The molecule has 25 heavy (non-hydrogen) atoms. The van der Waals surface area contributed by atoms with Crippen molar-refractivity contribution in [2.24, 2.45) is 5.41 Å². The van der Waals surface area contributed by atoms with Crippen molar-refractivity contribution in [1.82, 2.24) is 9.88 Å². The number of ether oxygens (including phenoxy) is 1. The number of aromatic carboxylic acids is 1. The summed E-state index contributed by atoms with van der Waals surface area (Å²) in [5.41, 5.74) is -0.0741. The molecular weight excluding hydrogens is 322 g/mol. The van der Waals surface area contributed by atoms with Crippen LogP contribution in [0.4, 0.5) is 10.6 Å². The van der Waals surface area contributed by atoms with Crippen LogP contribution in [0.2, 0.25) is 0 Å². The Labute approximate surface area is 147 Å². The summed E-state index contributed by atoms with van der Waals surface area (Å²) >= 11 is 0. The molecule has 1 spiro atoms. The predicted molar refractivity (Wildman–Crippen MR) is 92.9 cm³/mol. The van der Waals surface area contributed by atoms with Gasteiger partial charge in [0, 0.05) is 37.8 Å². The van der Waals surface area contributed by atoms with Crippen molar-refractivity contribution >= 4 is 17.9 Å². The number of aromatic nitrogens is 1. The quantitative estimate of drug-likeness (QED) is 0.885. The fourth-order valence-electron chi connectivity index (χ4n) is 3.45. The Balaban J connectivity index is 1.51. The Bertz CT molecular complexity index is 650. The molecule has 0 bridgehead atoms. The van der Waals surface area contributed by atoms with Gasteiger partial charge in [-0.1, -0.05) is 0 Å². The second-order valence-corrected chi connectivity index (χ2v) is 8.03. The van der Waals surface area contributed by atoms with Crippen LogP contribution in [0.25, 0.3) is 0 Å². The van der Waals surface area contributed by atoms with Crippen LogP contribution in [-0.4, -0.2) is 58.8 Å². The minimum atomic E-state index is -0.964. The molecule has 0 atom stereocenters. The smallest absolute Gasteiger partial charge is 0.410 e. The van der Waals surface area contributed by atoms with Gasteiger partial charge in [-0.05, 0) is 45.7 Å².